The lowest BCUT2D eigenvalue weighted by atomic mass is 10.0. The summed E-state index contributed by atoms with van der Waals surface area (Å²) in [5, 5.41) is 12.1. The molecule has 0 spiro atoms. The number of rotatable bonds is 6. The zero-order valence-electron chi connectivity index (χ0n) is 9.04. The first kappa shape index (κ1) is 12.8. The maximum absolute atomic E-state index is 11.5. The quantitative estimate of drug-likeness (QED) is 0.542. The largest absolute Gasteiger partial charge is 0.396 e. The maximum Gasteiger partial charge on any atom is 0.220 e. The van der Waals surface area contributed by atoms with Crippen LogP contribution in [-0.2, 0) is 4.79 Å². The van der Waals surface area contributed by atoms with E-state index in [4.69, 9.17) is 16.7 Å². The highest BCUT2D eigenvalue weighted by Gasteiger charge is 2.27. The molecule has 1 rings (SSSR count). The summed E-state index contributed by atoms with van der Waals surface area (Å²) in [5.41, 5.74) is 0. The number of carbonyl (C=O) groups excluding carboxylic acids is 1. The van der Waals surface area contributed by atoms with Crippen molar-refractivity contribution in [2.45, 2.75) is 44.6 Å². The standard InChI is InChI=1S/C11H20ClNO2/c12-7-2-1-6-11(15)13-10-5-3-4-9(10)8-14/h9-10,14H,1-8H2,(H,13,15). The molecule has 0 aromatic heterocycles. The second-order valence-corrected chi connectivity index (χ2v) is 4.57. The third-order valence-corrected chi connectivity index (χ3v) is 3.29. The van der Waals surface area contributed by atoms with Gasteiger partial charge in [0.2, 0.25) is 5.91 Å². The summed E-state index contributed by atoms with van der Waals surface area (Å²) in [6, 6.07) is 0.193. The molecule has 1 saturated carbocycles. The van der Waals surface area contributed by atoms with E-state index in [9.17, 15) is 4.79 Å². The second kappa shape index (κ2) is 7.07. The topological polar surface area (TPSA) is 49.3 Å². The van der Waals surface area contributed by atoms with Crippen molar-refractivity contribution < 1.29 is 9.90 Å². The normalized spacial score (nSPS) is 25.5. The zero-order chi connectivity index (χ0) is 11.1. The Kier molecular flexibility index (Phi) is 6.03. The third kappa shape index (κ3) is 4.39. The van der Waals surface area contributed by atoms with Crippen molar-refractivity contribution in [3.63, 3.8) is 0 Å². The molecule has 0 radical (unpaired) electrons. The van der Waals surface area contributed by atoms with Gasteiger partial charge >= 0.3 is 0 Å². The van der Waals surface area contributed by atoms with Crippen molar-refractivity contribution >= 4 is 17.5 Å². The van der Waals surface area contributed by atoms with Crippen LogP contribution < -0.4 is 5.32 Å². The Bertz CT molecular complexity index is 199. The average Bonchev–Trinajstić information content (AvgIpc) is 2.65. The van der Waals surface area contributed by atoms with Crippen LogP contribution in [-0.4, -0.2) is 29.5 Å². The number of unbranched alkanes of at least 4 members (excludes halogenated alkanes) is 1. The maximum atomic E-state index is 11.5. The van der Waals surface area contributed by atoms with Crippen LogP contribution in [0.1, 0.15) is 38.5 Å². The van der Waals surface area contributed by atoms with Crippen LogP contribution >= 0.6 is 11.6 Å². The molecule has 1 fully saturated rings. The molecular formula is C11H20ClNO2. The first-order chi connectivity index (χ1) is 7.27. The molecule has 0 saturated heterocycles. The Labute approximate surface area is 96.2 Å². The molecule has 4 heteroatoms. The van der Waals surface area contributed by atoms with Crippen molar-refractivity contribution in [2.24, 2.45) is 5.92 Å². The molecule has 0 aromatic carbocycles. The van der Waals surface area contributed by atoms with Crippen LogP contribution in [0.15, 0.2) is 0 Å². The van der Waals surface area contributed by atoms with Crippen LogP contribution in [0.4, 0.5) is 0 Å². The summed E-state index contributed by atoms with van der Waals surface area (Å²) >= 11 is 5.54. The fourth-order valence-electron chi connectivity index (χ4n) is 2.10. The molecule has 1 amide bonds. The van der Waals surface area contributed by atoms with Gasteiger partial charge in [-0.25, -0.2) is 0 Å². The molecular weight excluding hydrogens is 214 g/mol. The monoisotopic (exact) mass is 233 g/mol. The van der Waals surface area contributed by atoms with Gasteiger partial charge in [0.1, 0.15) is 0 Å². The summed E-state index contributed by atoms with van der Waals surface area (Å²) in [7, 11) is 0. The van der Waals surface area contributed by atoms with Gasteiger partial charge in [-0.3, -0.25) is 4.79 Å². The smallest absolute Gasteiger partial charge is 0.220 e. The lowest BCUT2D eigenvalue weighted by Gasteiger charge is -2.18. The highest BCUT2D eigenvalue weighted by atomic mass is 35.5. The van der Waals surface area contributed by atoms with Crippen molar-refractivity contribution in [1.82, 2.24) is 5.32 Å². The molecule has 2 unspecified atom stereocenters. The number of carbonyl (C=O) groups is 1. The van der Waals surface area contributed by atoms with Gasteiger partial charge in [-0.05, 0) is 25.7 Å². The van der Waals surface area contributed by atoms with Gasteiger partial charge in [0.05, 0.1) is 0 Å². The minimum Gasteiger partial charge on any atom is -0.396 e. The van der Waals surface area contributed by atoms with Crippen molar-refractivity contribution in [2.75, 3.05) is 12.5 Å². The Morgan fingerprint density at radius 2 is 2.20 bits per heavy atom. The molecule has 2 atom stereocenters. The van der Waals surface area contributed by atoms with Gasteiger partial charge in [-0.15, -0.1) is 11.6 Å². The second-order valence-electron chi connectivity index (χ2n) is 4.19. The van der Waals surface area contributed by atoms with Crippen LogP contribution in [0.3, 0.4) is 0 Å². The molecule has 15 heavy (non-hydrogen) atoms. The van der Waals surface area contributed by atoms with Crippen molar-refractivity contribution in [3.05, 3.63) is 0 Å². The van der Waals surface area contributed by atoms with Gasteiger partial charge in [-0.1, -0.05) is 6.42 Å². The minimum atomic E-state index is 0.102. The van der Waals surface area contributed by atoms with E-state index >= 15 is 0 Å². The first-order valence-corrected chi connectivity index (χ1v) is 6.27. The Balaban J connectivity index is 2.19. The van der Waals surface area contributed by atoms with Gasteiger partial charge < -0.3 is 10.4 Å². The molecule has 0 aromatic rings. The van der Waals surface area contributed by atoms with Crippen LogP contribution in [0.5, 0.6) is 0 Å². The SMILES string of the molecule is O=C(CCCCCl)NC1CCCC1CO. The number of amides is 1. The zero-order valence-corrected chi connectivity index (χ0v) is 9.80. The van der Waals surface area contributed by atoms with E-state index in [2.05, 4.69) is 5.32 Å². The number of hydrogen-bond acceptors (Lipinski definition) is 2. The predicted octanol–water partition coefficient (Wildman–Crippen LogP) is 1.67. The molecule has 0 heterocycles. The molecule has 0 aliphatic heterocycles. The van der Waals surface area contributed by atoms with Gasteiger partial charge in [0, 0.05) is 30.9 Å². The summed E-state index contributed by atoms with van der Waals surface area (Å²) in [4.78, 5) is 11.5. The summed E-state index contributed by atoms with van der Waals surface area (Å²) < 4.78 is 0. The van der Waals surface area contributed by atoms with Crippen LogP contribution in [0, 0.1) is 5.92 Å². The molecule has 1 aliphatic rings. The number of hydrogen-bond donors (Lipinski definition) is 2. The van der Waals surface area contributed by atoms with Gasteiger partial charge in [-0.2, -0.15) is 0 Å². The number of halogens is 1. The summed E-state index contributed by atoms with van der Waals surface area (Å²) in [5.74, 6) is 0.989. The van der Waals surface area contributed by atoms with Gasteiger partial charge in [0.15, 0.2) is 0 Å². The summed E-state index contributed by atoms with van der Waals surface area (Å²) in [6.45, 7) is 0.187. The fraction of sp³-hybridized carbons (Fsp3) is 0.909. The number of alkyl halides is 1. The number of aliphatic hydroxyl groups excluding tert-OH is 1. The third-order valence-electron chi connectivity index (χ3n) is 3.03. The molecule has 1 aliphatic carbocycles. The van der Waals surface area contributed by atoms with Crippen molar-refractivity contribution in [1.29, 1.82) is 0 Å². The lowest BCUT2D eigenvalue weighted by molar-refractivity contribution is -0.122. The van der Waals surface area contributed by atoms with E-state index in [1.165, 1.54) is 0 Å². The molecule has 88 valence electrons. The lowest BCUT2D eigenvalue weighted by Crippen LogP contribution is -2.38. The molecule has 0 bridgehead atoms. The first-order valence-electron chi connectivity index (χ1n) is 5.74. The van der Waals surface area contributed by atoms with Gasteiger partial charge in [0.25, 0.3) is 0 Å². The molecule has 3 nitrogen and oxygen atoms in total. The highest BCUT2D eigenvalue weighted by molar-refractivity contribution is 6.17. The van der Waals surface area contributed by atoms with E-state index in [0.717, 1.165) is 32.1 Å². The van der Waals surface area contributed by atoms with E-state index in [-0.39, 0.29) is 24.5 Å². The molecule has 2 N–H and O–H groups in total. The van der Waals surface area contributed by atoms with E-state index in [1.54, 1.807) is 0 Å². The van der Waals surface area contributed by atoms with E-state index in [0.29, 0.717) is 12.3 Å². The Morgan fingerprint density at radius 3 is 2.87 bits per heavy atom. The summed E-state index contributed by atoms with van der Waals surface area (Å²) in [6.07, 6.45) is 5.45. The Hall–Kier alpha value is -0.280. The number of nitrogens with one attached hydrogen (secondary N) is 1. The van der Waals surface area contributed by atoms with Crippen LogP contribution in [0.25, 0.3) is 0 Å². The van der Waals surface area contributed by atoms with Crippen LogP contribution in [0.2, 0.25) is 0 Å². The minimum absolute atomic E-state index is 0.102. The fourth-order valence-corrected chi connectivity index (χ4v) is 2.29. The van der Waals surface area contributed by atoms with E-state index < -0.39 is 0 Å². The van der Waals surface area contributed by atoms with Crippen molar-refractivity contribution in [3.8, 4) is 0 Å². The number of aliphatic hydroxyl groups is 1. The average molecular weight is 234 g/mol. The predicted molar refractivity (Wildman–Crippen MR) is 60.9 cm³/mol. The highest BCUT2D eigenvalue weighted by Crippen LogP contribution is 2.25. The Morgan fingerprint density at radius 1 is 1.40 bits per heavy atom. The van der Waals surface area contributed by atoms with E-state index in [1.807, 2.05) is 0 Å².